The number of nitrogens with two attached hydrogens (primary N) is 1. The lowest BCUT2D eigenvalue weighted by molar-refractivity contribution is -0.383. The predicted octanol–water partition coefficient (Wildman–Crippen LogP) is 2.76. The molecule has 0 aliphatic heterocycles. The number of ether oxygens (including phenoxy) is 1. The van der Waals surface area contributed by atoms with Gasteiger partial charge in [0, 0.05) is 12.1 Å². The number of anilines is 1. The molecule has 138 valence electrons. The number of amides is 1. The maximum atomic E-state index is 12.9. The minimum atomic E-state index is -0.675. The normalized spacial score (nSPS) is 12.4. The van der Waals surface area contributed by atoms with Crippen LogP contribution in [0.1, 0.15) is 51.4 Å². The number of hydrogen-bond donors (Lipinski definition) is 1. The molecule has 0 fully saturated rings. The molecule has 1 aromatic rings. The van der Waals surface area contributed by atoms with Gasteiger partial charge in [-0.1, -0.05) is 13.0 Å². The lowest BCUT2D eigenvalue weighted by Crippen LogP contribution is -2.43. The van der Waals surface area contributed by atoms with E-state index in [-0.39, 0.29) is 29.5 Å². The van der Waals surface area contributed by atoms with Crippen molar-refractivity contribution in [1.82, 2.24) is 4.90 Å². The standard InChI is InChI=1S/C17H25N3O5/c1-6-11(2)19(10-14(21)25-17(3,4)5)16(22)12-8-7-9-13(15(12)18)20(23)24/h7-9,11H,6,10,18H2,1-5H3/t11-/m1/s1. The second-order valence-electron chi connectivity index (χ2n) is 6.77. The van der Waals surface area contributed by atoms with E-state index in [1.54, 1.807) is 27.7 Å². The fourth-order valence-corrected chi connectivity index (χ4v) is 2.21. The van der Waals surface area contributed by atoms with Crippen LogP contribution in [0.3, 0.4) is 0 Å². The summed E-state index contributed by atoms with van der Waals surface area (Å²) in [5, 5.41) is 11.0. The summed E-state index contributed by atoms with van der Waals surface area (Å²) >= 11 is 0. The maximum absolute atomic E-state index is 12.9. The highest BCUT2D eigenvalue weighted by atomic mass is 16.6. The van der Waals surface area contributed by atoms with E-state index in [9.17, 15) is 19.7 Å². The molecule has 0 heterocycles. The number of esters is 1. The Morgan fingerprint density at radius 2 is 1.96 bits per heavy atom. The highest BCUT2D eigenvalue weighted by Crippen LogP contribution is 2.26. The molecule has 0 saturated carbocycles. The molecule has 0 unspecified atom stereocenters. The highest BCUT2D eigenvalue weighted by molar-refractivity contribution is 6.02. The Hall–Kier alpha value is -2.64. The molecular formula is C17H25N3O5. The van der Waals surface area contributed by atoms with Crippen LogP contribution >= 0.6 is 0 Å². The van der Waals surface area contributed by atoms with Gasteiger partial charge in [0.05, 0.1) is 10.5 Å². The molecule has 2 N–H and O–H groups in total. The summed E-state index contributed by atoms with van der Waals surface area (Å²) in [6.07, 6.45) is 0.601. The predicted molar refractivity (Wildman–Crippen MR) is 94.1 cm³/mol. The van der Waals surface area contributed by atoms with Gasteiger partial charge in [0.1, 0.15) is 17.8 Å². The van der Waals surface area contributed by atoms with Crippen molar-refractivity contribution in [3.63, 3.8) is 0 Å². The van der Waals surface area contributed by atoms with Crippen molar-refractivity contribution in [1.29, 1.82) is 0 Å². The number of nitrogen functional groups attached to an aromatic ring is 1. The van der Waals surface area contributed by atoms with Gasteiger partial charge in [-0.05, 0) is 40.2 Å². The van der Waals surface area contributed by atoms with Crippen molar-refractivity contribution in [2.75, 3.05) is 12.3 Å². The zero-order chi connectivity index (χ0) is 19.4. The monoisotopic (exact) mass is 351 g/mol. The number of nitrogens with zero attached hydrogens (tertiary/aromatic N) is 2. The minimum Gasteiger partial charge on any atom is -0.459 e. The van der Waals surface area contributed by atoms with Crippen LogP contribution in [-0.4, -0.2) is 39.9 Å². The summed E-state index contributed by atoms with van der Waals surface area (Å²) in [4.78, 5) is 36.7. The quantitative estimate of drug-likeness (QED) is 0.364. The van der Waals surface area contributed by atoms with Gasteiger partial charge in [0.25, 0.3) is 11.6 Å². The molecule has 0 aromatic heterocycles. The molecule has 1 atom stereocenters. The van der Waals surface area contributed by atoms with Crippen LogP contribution in [0.25, 0.3) is 0 Å². The largest absolute Gasteiger partial charge is 0.459 e. The lowest BCUT2D eigenvalue weighted by atomic mass is 10.1. The number of nitro groups is 1. The summed E-state index contributed by atoms with van der Waals surface area (Å²) in [6.45, 7) is 8.61. The van der Waals surface area contributed by atoms with Gasteiger partial charge in [-0.25, -0.2) is 0 Å². The molecule has 8 nitrogen and oxygen atoms in total. The molecule has 0 aliphatic rings. The van der Waals surface area contributed by atoms with Crippen LogP contribution < -0.4 is 5.73 Å². The maximum Gasteiger partial charge on any atom is 0.326 e. The van der Waals surface area contributed by atoms with Crippen LogP contribution in [0.4, 0.5) is 11.4 Å². The van der Waals surface area contributed by atoms with E-state index in [4.69, 9.17) is 10.5 Å². The highest BCUT2D eigenvalue weighted by Gasteiger charge is 2.29. The summed E-state index contributed by atoms with van der Waals surface area (Å²) in [5.74, 6) is -1.09. The first-order valence-corrected chi connectivity index (χ1v) is 8.03. The molecule has 8 heteroatoms. The topological polar surface area (TPSA) is 116 Å². The van der Waals surface area contributed by atoms with Crippen molar-refractivity contribution >= 4 is 23.3 Å². The first kappa shape index (κ1) is 20.4. The van der Waals surface area contributed by atoms with Gasteiger partial charge in [0.2, 0.25) is 0 Å². The molecule has 1 amide bonds. The summed E-state index contributed by atoms with van der Waals surface area (Å²) in [6, 6.07) is 3.77. The van der Waals surface area contributed by atoms with Crippen LogP contribution in [0.5, 0.6) is 0 Å². The van der Waals surface area contributed by atoms with E-state index >= 15 is 0 Å². The van der Waals surface area contributed by atoms with Crippen LogP contribution in [0, 0.1) is 10.1 Å². The van der Waals surface area contributed by atoms with Gasteiger partial charge in [-0.2, -0.15) is 0 Å². The Morgan fingerprint density at radius 3 is 2.44 bits per heavy atom. The fourth-order valence-electron chi connectivity index (χ4n) is 2.21. The van der Waals surface area contributed by atoms with Crippen LogP contribution in [-0.2, 0) is 9.53 Å². The van der Waals surface area contributed by atoms with Gasteiger partial charge in [0.15, 0.2) is 0 Å². The molecule has 0 radical (unpaired) electrons. The van der Waals surface area contributed by atoms with E-state index in [1.165, 1.54) is 23.1 Å². The number of hydrogen-bond acceptors (Lipinski definition) is 6. The van der Waals surface area contributed by atoms with E-state index in [1.807, 2.05) is 6.92 Å². The van der Waals surface area contributed by atoms with E-state index in [0.717, 1.165) is 0 Å². The van der Waals surface area contributed by atoms with Crippen LogP contribution in [0.15, 0.2) is 18.2 Å². The van der Waals surface area contributed by atoms with Crippen molar-refractivity contribution in [3.05, 3.63) is 33.9 Å². The molecular weight excluding hydrogens is 326 g/mol. The first-order chi connectivity index (χ1) is 11.5. The second-order valence-corrected chi connectivity index (χ2v) is 6.77. The Bertz CT molecular complexity index is 667. The zero-order valence-electron chi connectivity index (χ0n) is 15.2. The molecule has 0 spiro atoms. The third-order valence-electron chi connectivity index (χ3n) is 3.61. The fraction of sp³-hybridized carbons (Fsp3) is 0.529. The average Bonchev–Trinajstić information content (AvgIpc) is 2.49. The Balaban J connectivity index is 3.16. The number of carbonyl (C=O) groups excluding carboxylic acids is 2. The van der Waals surface area contributed by atoms with Crippen LogP contribution in [0.2, 0.25) is 0 Å². The third-order valence-corrected chi connectivity index (χ3v) is 3.61. The van der Waals surface area contributed by atoms with E-state index < -0.39 is 22.4 Å². The van der Waals surface area contributed by atoms with Gasteiger partial charge < -0.3 is 15.4 Å². The molecule has 1 rings (SSSR count). The number of carbonyl (C=O) groups is 2. The Morgan fingerprint density at radius 1 is 1.36 bits per heavy atom. The van der Waals surface area contributed by atoms with E-state index in [2.05, 4.69) is 0 Å². The molecule has 25 heavy (non-hydrogen) atoms. The zero-order valence-corrected chi connectivity index (χ0v) is 15.2. The van der Waals surface area contributed by atoms with Gasteiger partial charge in [-0.3, -0.25) is 19.7 Å². The summed E-state index contributed by atoms with van der Waals surface area (Å²) in [7, 11) is 0. The number of benzene rings is 1. The summed E-state index contributed by atoms with van der Waals surface area (Å²) < 4.78 is 5.27. The SMILES string of the molecule is CC[C@@H](C)N(CC(=O)OC(C)(C)C)C(=O)c1cccc([N+](=O)[O-])c1N. The Kier molecular flexibility index (Phi) is 6.49. The average molecular weight is 351 g/mol. The molecule has 0 bridgehead atoms. The van der Waals surface area contributed by atoms with Crippen molar-refractivity contribution in [3.8, 4) is 0 Å². The Labute approximate surface area is 147 Å². The lowest BCUT2D eigenvalue weighted by Gasteiger charge is -2.29. The van der Waals surface area contributed by atoms with E-state index in [0.29, 0.717) is 6.42 Å². The second kappa shape index (κ2) is 7.96. The number of rotatable bonds is 6. The van der Waals surface area contributed by atoms with Gasteiger partial charge in [-0.15, -0.1) is 0 Å². The van der Waals surface area contributed by atoms with Crippen molar-refractivity contribution in [2.45, 2.75) is 52.7 Å². The minimum absolute atomic E-state index is 0.00180. The smallest absolute Gasteiger partial charge is 0.326 e. The first-order valence-electron chi connectivity index (χ1n) is 8.03. The number of para-hydroxylation sites is 1. The molecule has 1 aromatic carbocycles. The summed E-state index contributed by atoms with van der Waals surface area (Å²) in [5.41, 5.74) is 4.56. The van der Waals surface area contributed by atoms with Crippen molar-refractivity contribution < 1.29 is 19.2 Å². The van der Waals surface area contributed by atoms with Gasteiger partial charge >= 0.3 is 5.97 Å². The number of nitro benzene ring substituents is 1. The molecule has 0 saturated heterocycles. The third kappa shape index (κ3) is 5.44. The molecule has 0 aliphatic carbocycles. The van der Waals surface area contributed by atoms with Crippen molar-refractivity contribution in [2.24, 2.45) is 0 Å².